The van der Waals surface area contributed by atoms with E-state index >= 15 is 0 Å². The molecule has 1 heterocycles. The summed E-state index contributed by atoms with van der Waals surface area (Å²) in [5.74, 6) is 0.737. The number of anilines is 1. The first-order chi connectivity index (χ1) is 12.5. The molecule has 138 valence electrons. The lowest BCUT2D eigenvalue weighted by Gasteiger charge is -2.38. The Labute approximate surface area is 177 Å². The molecule has 0 saturated heterocycles. The SMILES string of the molecule is Cc1nc(NC(=S)NCC2(c3ccccc3)CCCCC2)c(Br)cc1Br. The van der Waals surface area contributed by atoms with Crippen LogP contribution in [0.5, 0.6) is 0 Å². The normalized spacial score (nSPS) is 16.1. The summed E-state index contributed by atoms with van der Waals surface area (Å²) in [7, 11) is 0. The predicted molar refractivity (Wildman–Crippen MR) is 120 cm³/mol. The van der Waals surface area contributed by atoms with E-state index in [1.165, 1.54) is 37.7 Å². The third-order valence-electron chi connectivity index (χ3n) is 5.12. The van der Waals surface area contributed by atoms with Crippen molar-refractivity contribution in [2.24, 2.45) is 0 Å². The number of halogens is 2. The fourth-order valence-corrected chi connectivity index (χ4v) is 4.85. The number of aryl methyl sites for hydroxylation is 1. The summed E-state index contributed by atoms with van der Waals surface area (Å²) in [6.07, 6.45) is 6.27. The first-order valence-corrected chi connectivity index (χ1v) is 10.9. The van der Waals surface area contributed by atoms with Crippen LogP contribution in [0.2, 0.25) is 0 Å². The van der Waals surface area contributed by atoms with Gasteiger partial charge in [0.2, 0.25) is 0 Å². The summed E-state index contributed by atoms with van der Waals surface area (Å²) in [4.78, 5) is 4.55. The van der Waals surface area contributed by atoms with Crippen LogP contribution in [-0.2, 0) is 5.41 Å². The van der Waals surface area contributed by atoms with E-state index in [0.29, 0.717) is 5.11 Å². The summed E-state index contributed by atoms with van der Waals surface area (Å²) in [5.41, 5.74) is 2.49. The van der Waals surface area contributed by atoms with Crippen LogP contribution in [0, 0.1) is 6.92 Å². The molecule has 0 aliphatic heterocycles. The molecule has 0 amide bonds. The van der Waals surface area contributed by atoms with Crippen molar-refractivity contribution < 1.29 is 0 Å². The molecule has 0 radical (unpaired) electrons. The molecule has 0 unspecified atom stereocenters. The Morgan fingerprint density at radius 3 is 2.50 bits per heavy atom. The van der Waals surface area contributed by atoms with Crippen molar-refractivity contribution >= 4 is 55.0 Å². The van der Waals surface area contributed by atoms with Crippen LogP contribution in [0.1, 0.15) is 43.4 Å². The van der Waals surface area contributed by atoms with Gasteiger partial charge in [0, 0.05) is 16.4 Å². The Hall–Kier alpha value is -0.980. The lowest BCUT2D eigenvalue weighted by Crippen LogP contribution is -2.43. The van der Waals surface area contributed by atoms with Crippen molar-refractivity contribution in [3.63, 3.8) is 0 Å². The highest BCUT2D eigenvalue weighted by Crippen LogP contribution is 2.39. The molecule has 0 atom stereocenters. The summed E-state index contributed by atoms with van der Waals surface area (Å²) < 4.78 is 1.86. The standard InChI is InChI=1S/C20H23Br2N3S/c1-14-16(21)12-17(22)18(24-14)25-19(26)23-13-20(10-6-3-7-11-20)15-8-4-2-5-9-15/h2,4-5,8-9,12H,3,6-7,10-11,13H2,1H3,(H2,23,24,25,26). The Morgan fingerprint density at radius 2 is 1.81 bits per heavy atom. The van der Waals surface area contributed by atoms with Gasteiger partial charge in [0.25, 0.3) is 0 Å². The number of nitrogens with zero attached hydrogens (tertiary/aromatic N) is 1. The molecule has 1 fully saturated rings. The maximum atomic E-state index is 5.55. The minimum Gasteiger partial charge on any atom is -0.362 e. The number of hydrogen-bond acceptors (Lipinski definition) is 2. The van der Waals surface area contributed by atoms with E-state index in [9.17, 15) is 0 Å². The van der Waals surface area contributed by atoms with Gasteiger partial charge in [-0.15, -0.1) is 0 Å². The zero-order valence-corrected chi connectivity index (χ0v) is 18.8. The summed E-state index contributed by atoms with van der Waals surface area (Å²) >= 11 is 12.6. The van der Waals surface area contributed by atoms with E-state index in [-0.39, 0.29) is 5.41 Å². The maximum Gasteiger partial charge on any atom is 0.172 e. The van der Waals surface area contributed by atoms with Crippen LogP contribution >= 0.6 is 44.1 Å². The van der Waals surface area contributed by atoms with E-state index < -0.39 is 0 Å². The van der Waals surface area contributed by atoms with E-state index in [0.717, 1.165) is 27.0 Å². The first-order valence-electron chi connectivity index (χ1n) is 8.93. The average molecular weight is 497 g/mol. The first kappa shape index (κ1) is 19.8. The third kappa shape index (κ3) is 4.65. The molecule has 1 aromatic carbocycles. The number of benzene rings is 1. The second-order valence-electron chi connectivity index (χ2n) is 6.90. The number of hydrogen-bond donors (Lipinski definition) is 2. The zero-order valence-electron chi connectivity index (χ0n) is 14.8. The minimum atomic E-state index is 0.158. The van der Waals surface area contributed by atoms with Crippen molar-refractivity contribution in [1.82, 2.24) is 10.3 Å². The molecule has 3 rings (SSSR count). The highest BCUT2D eigenvalue weighted by Gasteiger charge is 2.33. The van der Waals surface area contributed by atoms with E-state index in [1.54, 1.807) is 0 Å². The predicted octanol–water partition coefficient (Wildman–Crippen LogP) is 6.10. The third-order valence-corrected chi connectivity index (χ3v) is 6.77. The smallest absolute Gasteiger partial charge is 0.172 e. The van der Waals surface area contributed by atoms with Crippen LogP contribution < -0.4 is 10.6 Å². The highest BCUT2D eigenvalue weighted by atomic mass is 79.9. The Kier molecular flexibility index (Phi) is 6.70. The lowest BCUT2D eigenvalue weighted by molar-refractivity contribution is 0.292. The molecule has 0 bridgehead atoms. The monoisotopic (exact) mass is 495 g/mol. The van der Waals surface area contributed by atoms with Crippen LogP contribution in [0.4, 0.5) is 5.82 Å². The summed E-state index contributed by atoms with van der Waals surface area (Å²) in [6.45, 7) is 2.81. The Balaban J connectivity index is 1.70. The maximum absolute atomic E-state index is 5.55. The van der Waals surface area contributed by atoms with E-state index in [2.05, 4.69) is 77.8 Å². The minimum absolute atomic E-state index is 0.158. The number of nitrogens with one attached hydrogen (secondary N) is 2. The molecule has 1 aliphatic carbocycles. The van der Waals surface area contributed by atoms with Crippen molar-refractivity contribution in [3.05, 3.63) is 56.6 Å². The molecular weight excluding hydrogens is 474 g/mol. The zero-order chi connectivity index (χ0) is 18.6. The summed E-state index contributed by atoms with van der Waals surface area (Å²) in [6, 6.07) is 12.8. The highest BCUT2D eigenvalue weighted by molar-refractivity contribution is 9.11. The number of rotatable bonds is 4. The van der Waals surface area contributed by atoms with Gasteiger partial charge in [-0.05, 0) is 75.5 Å². The van der Waals surface area contributed by atoms with Gasteiger partial charge < -0.3 is 10.6 Å². The van der Waals surface area contributed by atoms with Gasteiger partial charge in [0.1, 0.15) is 5.82 Å². The molecule has 1 saturated carbocycles. The molecule has 1 aromatic heterocycles. The topological polar surface area (TPSA) is 37.0 Å². The van der Waals surface area contributed by atoms with Crippen LogP contribution in [-0.4, -0.2) is 16.6 Å². The lowest BCUT2D eigenvalue weighted by atomic mass is 9.69. The summed E-state index contributed by atoms with van der Waals surface area (Å²) in [5, 5.41) is 7.29. The van der Waals surface area contributed by atoms with Crippen molar-refractivity contribution in [2.75, 3.05) is 11.9 Å². The quantitative estimate of drug-likeness (QED) is 0.501. The fraction of sp³-hybridized carbons (Fsp3) is 0.400. The van der Waals surface area contributed by atoms with Crippen LogP contribution in [0.25, 0.3) is 0 Å². The van der Waals surface area contributed by atoms with Crippen molar-refractivity contribution in [2.45, 2.75) is 44.4 Å². The van der Waals surface area contributed by atoms with Crippen molar-refractivity contribution in [3.8, 4) is 0 Å². The van der Waals surface area contributed by atoms with Crippen LogP contribution in [0.3, 0.4) is 0 Å². The molecule has 3 nitrogen and oxygen atoms in total. The number of pyridine rings is 1. The van der Waals surface area contributed by atoms with E-state index in [4.69, 9.17) is 12.2 Å². The average Bonchev–Trinajstić information content (AvgIpc) is 2.66. The molecule has 2 N–H and O–H groups in total. The van der Waals surface area contributed by atoms with Gasteiger partial charge in [-0.2, -0.15) is 0 Å². The molecular formula is C20H23Br2N3S. The Bertz CT molecular complexity index is 774. The van der Waals surface area contributed by atoms with Gasteiger partial charge in [0.15, 0.2) is 5.11 Å². The number of thiocarbonyl (C=S) groups is 1. The van der Waals surface area contributed by atoms with Gasteiger partial charge in [-0.3, -0.25) is 0 Å². The van der Waals surface area contributed by atoms with Gasteiger partial charge in [-0.1, -0.05) is 49.6 Å². The second-order valence-corrected chi connectivity index (χ2v) is 9.02. The second kappa shape index (κ2) is 8.81. The van der Waals surface area contributed by atoms with Crippen LogP contribution in [0.15, 0.2) is 45.3 Å². The fourth-order valence-electron chi connectivity index (χ4n) is 3.64. The molecule has 6 heteroatoms. The molecule has 1 aliphatic rings. The van der Waals surface area contributed by atoms with Gasteiger partial charge in [-0.25, -0.2) is 4.98 Å². The Morgan fingerprint density at radius 1 is 1.12 bits per heavy atom. The molecule has 2 aromatic rings. The van der Waals surface area contributed by atoms with Gasteiger partial charge >= 0.3 is 0 Å². The van der Waals surface area contributed by atoms with E-state index in [1.807, 2.05) is 13.0 Å². The van der Waals surface area contributed by atoms with Gasteiger partial charge in [0.05, 0.1) is 10.2 Å². The number of aromatic nitrogens is 1. The largest absolute Gasteiger partial charge is 0.362 e. The molecule has 0 spiro atoms. The van der Waals surface area contributed by atoms with Crippen molar-refractivity contribution in [1.29, 1.82) is 0 Å². The molecule has 26 heavy (non-hydrogen) atoms.